The van der Waals surface area contributed by atoms with Gasteiger partial charge in [0.25, 0.3) is 0 Å². The fraction of sp³-hybridized carbons (Fsp3) is 0.800. The van der Waals surface area contributed by atoms with Crippen LogP contribution >= 0.6 is 0 Å². The van der Waals surface area contributed by atoms with Crippen molar-refractivity contribution in [3.8, 4) is 0 Å². The molecule has 0 aliphatic carbocycles. The van der Waals surface area contributed by atoms with E-state index in [0.717, 1.165) is 6.42 Å². The number of hydrogen-bond acceptors (Lipinski definition) is 3. The summed E-state index contributed by atoms with van der Waals surface area (Å²) in [6, 6.07) is -0.554. The van der Waals surface area contributed by atoms with Gasteiger partial charge in [-0.3, -0.25) is 4.79 Å². The van der Waals surface area contributed by atoms with Crippen LogP contribution in [0.15, 0.2) is 0 Å². The summed E-state index contributed by atoms with van der Waals surface area (Å²) in [6.45, 7) is 5.89. The summed E-state index contributed by atoms with van der Waals surface area (Å²) in [5.41, 5.74) is 0. The number of carbonyl (C=O) groups excluding carboxylic acids is 1. The van der Waals surface area contributed by atoms with Crippen LogP contribution in [-0.2, 0) is 9.59 Å². The minimum Gasteiger partial charge on any atom is -0.480 e. The second-order valence-electron chi connectivity index (χ2n) is 3.78. The summed E-state index contributed by atoms with van der Waals surface area (Å²) in [7, 11) is 0. The van der Waals surface area contributed by atoms with Crippen LogP contribution in [0.25, 0.3) is 0 Å². The molecule has 0 aliphatic heterocycles. The van der Waals surface area contributed by atoms with Crippen LogP contribution in [0, 0.1) is 0 Å². The van der Waals surface area contributed by atoms with Gasteiger partial charge in [0.1, 0.15) is 6.04 Å². The highest BCUT2D eigenvalue weighted by molar-refractivity contribution is 5.84. The minimum atomic E-state index is -0.977. The van der Waals surface area contributed by atoms with E-state index in [2.05, 4.69) is 10.6 Å². The van der Waals surface area contributed by atoms with Crippen LogP contribution in [0.3, 0.4) is 0 Å². The molecule has 0 fully saturated rings. The molecule has 0 bridgehead atoms. The molecule has 1 amide bonds. The van der Waals surface area contributed by atoms with E-state index in [1.165, 1.54) is 0 Å². The first-order chi connectivity index (χ1) is 6.97. The maximum atomic E-state index is 11.3. The van der Waals surface area contributed by atoms with Gasteiger partial charge >= 0.3 is 5.97 Å². The smallest absolute Gasteiger partial charge is 0.326 e. The standard InChI is InChI=1S/C10H20N2O3/c1-4-5-8(10(14)15)12-9(13)6-11-7(2)3/h7-8,11H,4-6H2,1-3H3,(H,12,13)(H,14,15). The Labute approximate surface area is 90.2 Å². The number of carboxylic acid groups (broad SMARTS) is 1. The van der Waals surface area contributed by atoms with Gasteiger partial charge in [0.05, 0.1) is 6.54 Å². The third-order valence-electron chi connectivity index (χ3n) is 1.88. The number of hydrogen-bond donors (Lipinski definition) is 3. The van der Waals surface area contributed by atoms with Gasteiger partial charge in [-0.15, -0.1) is 0 Å². The highest BCUT2D eigenvalue weighted by Crippen LogP contribution is 1.96. The lowest BCUT2D eigenvalue weighted by molar-refractivity contribution is -0.141. The average molecular weight is 216 g/mol. The number of amides is 1. The van der Waals surface area contributed by atoms with Gasteiger partial charge in [-0.1, -0.05) is 27.2 Å². The number of carbonyl (C=O) groups is 2. The summed E-state index contributed by atoms with van der Waals surface area (Å²) >= 11 is 0. The van der Waals surface area contributed by atoms with Crippen LogP contribution in [-0.4, -0.2) is 35.6 Å². The number of nitrogens with one attached hydrogen (secondary N) is 2. The Morgan fingerprint density at radius 3 is 2.33 bits per heavy atom. The molecule has 88 valence electrons. The van der Waals surface area contributed by atoms with Crippen LogP contribution in [0.2, 0.25) is 0 Å². The van der Waals surface area contributed by atoms with Crippen LogP contribution < -0.4 is 10.6 Å². The zero-order chi connectivity index (χ0) is 11.8. The van der Waals surface area contributed by atoms with Crippen molar-refractivity contribution in [1.82, 2.24) is 10.6 Å². The van der Waals surface area contributed by atoms with E-state index >= 15 is 0 Å². The second-order valence-corrected chi connectivity index (χ2v) is 3.78. The van der Waals surface area contributed by atoms with Gasteiger partial charge in [-0.25, -0.2) is 4.79 Å². The minimum absolute atomic E-state index is 0.158. The normalized spacial score (nSPS) is 12.5. The van der Waals surface area contributed by atoms with Crippen molar-refractivity contribution in [3.05, 3.63) is 0 Å². The SMILES string of the molecule is CCCC(NC(=O)CNC(C)C)C(=O)O. The third-order valence-corrected chi connectivity index (χ3v) is 1.88. The van der Waals surface area contributed by atoms with Crippen molar-refractivity contribution in [3.63, 3.8) is 0 Å². The van der Waals surface area contributed by atoms with E-state index in [1.54, 1.807) is 0 Å². The van der Waals surface area contributed by atoms with Crippen molar-refractivity contribution in [2.45, 2.75) is 45.7 Å². The number of carboxylic acids is 1. The molecule has 0 aliphatic rings. The monoisotopic (exact) mass is 216 g/mol. The van der Waals surface area contributed by atoms with Crippen molar-refractivity contribution < 1.29 is 14.7 Å². The Morgan fingerprint density at radius 1 is 1.33 bits per heavy atom. The molecule has 3 N–H and O–H groups in total. The highest BCUT2D eigenvalue weighted by Gasteiger charge is 2.18. The molecule has 15 heavy (non-hydrogen) atoms. The van der Waals surface area contributed by atoms with Gasteiger partial charge in [0.2, 0.25) is 5.91 Å². The average Bonchev–Trinajstić information content (AvgIpc) is 2.14. The maximum absolute atomic E-state index is 11.3. The van der Waals surface area contributed by atoms with Crippen molar-refractivity contribution in [1.29, 1.82) is 0 Å². The highest BCUT2D eigenvalue weighted by atomic mass is 16.4. The van der Waals surface area contributed by atoms with E-state index < -0.39 is 12.0 Å². The zero-order valence-electron chi connectivity index (χ0n) is 9.54. The molecule has 0 radical (unpaired) electrons. The largest absolute Gasteiger partial charge is 0.480 e. The Hall–Kier alpha value is -1.10. The summed E-state index contributed by atoms with van der Waals surface area (Å²) < 4.78 is 0. The lowest BCUT2D eigenvalue weighted by Gasteiger charge is -2.14. The molecule has 1 atom stereocenters. The molecule has 0 aromatic heterocycles. The van der Waals surface area contributed by atoms with Crippen molar-refractivity contribution in [2.24, 2.45) is 0 Å². The Bertz CT molecular complexity index is 217. The molecular formula is C10H20N2O3. The molecular weight excluding hydrogens is 196 g/mol. The van der Waals surface area contributed by atoms with Gasteiger partial charge in [-0.2, -0.15) is 0 Å². The van der Waals surface area contributed by atoms with E-state index in [1.807, 2.05) is 20.8 Å². The topological polar surface area (TPSA) is 78.4 Å². The van der Waals surface area contributed by atoms with E-state index in [-0.39, 0.29) is 18.5 Å². The lowest BCUT2D eigenvalue weighted by atomic mass is 10.1. The summed E-state index contributed by atoms with van der Waals surface area (Å²) in [6.07, 6.45) is 1.19. The van der Waals surface area contributed by atoms with E-state index in [9.17, 15) is 9.59 Å². The molecule has 0 saturated heterocycles. The predicted octanol–water partition coefficient (Wildman–Crippen LogP) is 0.354. The van der Waals surface area contributed by atoms with Gasteiger partial charge in [0.15, 0.2) is 0 Å². The van der Waals surface area contributed by atoms with Crippen molar-refractivity contribution in [2.75, 3.05) is 6.54 Å². The summed E-state index contributed by atoms with van der Waals surface area (Å²) in [5, 5.41) is 14.2. The van der Waals surface area contributed by atoms with Gasteiger partial charge in [0, 0.05) is 6.04 Å². The molecule has 1 unspecified atom stereocenters. The molecule has 0 saturated carbocycles. The zero-order valence-corrected chi connectivity index (χ0v) is 9.54. The molecule has 5 nitrogen and oxygen atoms in total. The Kier molecular flexibility index (Phi) is 6.70. The van der Waals surface area contributed by atoms with E-state index in [4.69, 9.17) is 5.11 Å². The summed E-state index contributed by atoms with van der Waals surface area (Å²) in [5.74, 6) is -1.25. The quantitative estimate of drug-likeness (QED) is 0.574. The van der Waals surface area contributed by atoms with Gasteiger partial charge in [-0.05, 0) is 6.42 Å². The number of rotatable bonds is 7. The first-order valence-electron chi connectivity index (χ1n) is 5.23. The molecule has 0 spiro atoms. The summed E-state index contributed by atoms with van der Waals surface area (Å²) in [4.78, 5) is 22.0. The van der Waals surface area contributed by atoms with Crippen molar-refractivity contribution >= 4 is 11.9 Å². The first kappa shape index (κ1) is 13.9. The maximum Gasteiger partial charge on any atom is 0.326 e. The van der Waals surface area contributed by atoms with Gasteiger partial charge < -0.3 is 15.7 Å². The van der Waals surface area contributed by atoms with Crippen LogP contribution in [0.4, 0.5) is 0 Å². The predicted molar refractivity (Wildman–Crippen MR) is 57.6 cm³/mol. The fourth-order valence-corrected chi connectivity index (χ4v) is 1.09. The molecule has 5 heteroatoms. The van der Waals surface area contributed by atoms with Crippen LogP contribution in [0.5, 0.6) is 0 Å². The van der Waals surface area contributed by atoms with E-state index in [0.29, 0.717) is 6.42 Å². The third kappa shape index (κ3) is 6.90. The Balaban J connectivity index is 3.94. The first-order valence-corrected chi connectivity index (χ1v) is 5.23. The van der Waals surface area contributed by atoms with Crippen LogP contribution in [0.1, 0.15) is 33.6 Å². The fourth-order valence-electron chi connectivity index (χ4n) is 1.09. The molecule has 0 aromatic rings. The second kappa shape index (κ2) is 7.23. The Morgan fingerprint density at radius 2 is 1.93 bits per heavy atom. The lowest BCUT2D eigenvalue weighted by Crippen LogP contribution is -2.45. The number of aliphatic carboxylic acids is 1. The molecule has 0 aromatic carbocycles. The molecule has 0 rings (SSSR count). The molecule has 0 heterocycles.